The van der Waals surface area contributed by atoms with Gasteiger partial charge in [0.2, 0.25) is 0 Å². The third-order valence-corrected chi connectivity index (χ3v) is 4.17. The van der Waals surface area contributed by atoms with Crippen LogP contribution in [0.25, 0.3) is 11.2 Å². The predicted molar refractivity (Wildman–Crippen MR) is 83.9 cm³/mol. The smallest absolute Gasteiger partial charge is 0.167 e. The van der Waals surface area contributed by atoms with Crippen LogP contribution in [0.2, 0.25) is 0 Å². The van der Waals surface area contributed by atoms with Crippen molar-refractivity contribution in [3.8, 4) is 5.75 Å². The number of ether oxygens (including phenoxy) is 1. The summed E-state index contributed by atoms with van der Waals surface area (Å²) in [5, 5.41) is 0. The van der Waals surface area contributed by atoms with Crippen molar-refractivity contribution in [1.29, 1.82) is 0 Å². The average molecular weight is 331 g/mol. The molecule has 1 N–H and O–H groups in total. The number of anilines is 1. The van der Waals surface area contributed by atoms with Crippen LogP contribution >= 0.6 is 0 Å². The molecule has 8 heteroatoms. The molecule has 1 fully saturated rings. The molecule has 1 atom stereocenters. The molecule has 0 amide bonds. The molecule has 24 heavy (non-hydrogen) atoms. The van der Waals surface area contributed by atoms with E-state index in [2.05, 4.69) is 24.8 Å². The van der Waals surface area contributed by atoms with Gasteiger partial charge in [-0.05, 0) is 25.0 Å². The minimum atomic E-state index is -0.698. The molecule has 3 aromatic rings. The van der Waals surface area contributed by atoms with E-state index in [0.29, 0.717) is 17.8 Å². The van der Waals surface area contributed by atoms with Crippen molar-refractivity contribution in [2.45, 2.75) is 18.9 Å². The van der Waals surface area contributed by atoms with Crippen molar-refractivity contribution in [1.82, 2.24) is 19.9 Å². The Balaban J connectivity index is 1.54. The van der Waals surface area contributed by atoms with Gasteiger partial charge in [-0.1, -0.05) is 0 Å². The fourth-order valence-electron chi connectivity index (χ4n) is 3.03. The number of halogens is 2. The molecule has 6 nitrogen and oxygen atoms in total. The van der Waals surface area contributed by atoms with Crippen LogP contribution in [0.1, 0.15) is 12.8 Å². The molecule has 3 heterocycles. The van der Waals surface area contributed by atoms with Gasteiger partial charge in [0.05, 0.1) is 12.4 Å². The number of nitrogens with zero attached hydrogens (tertiary/aromatic N) is 4. The van der Waals surface area contributed by atoms with E-state index in [9.17, 15) is 8.78 Å². The van der Waals surface area contributed by atoms with Crippen LogP contribution in [0.3, 0.4) is 0 Å². The molecule has 0 unspecified atom stereocenters. The van der Waals surface area contributed by atoms with Crippen LogP contribution in [0.5, 0.6) is 5.75 Å². The Kier molecular flexibility index (Phi) is 3.72. The van der Waals surface area contributed by atoms with Crippen molar-refractivity contribution in [2.24, 2.45) is 0 Å². The molecule has 0 spiro atoms. The van der Waals surface area contributed by atoms with Gasteiger partial charge in [0.25, 0.3) is 0 Å². The van der Waals surface area contributed by atoms with Crippen molar-refractivity contribution < 1.29 is 13.5 Å². The van der Waals surface area contributed by atoms with Gasteiger partial charge in [-0.3, -0.25) is 0 Å². The lowest BCUT2D eigenvalue weighted by Crippen LogP contribution is -2.35. The number of nitrogens with one attached hydrogen (secondary N) is 1. The standard InChI is InChI=1S/C16H15F2N5O/c17-10-3-4-13(12(18)6-10)24-7-11-2-1-5-23(11)16-14-15(20-8-19-14)21-9-22-16/h3-4,6,8-9,11H,1-2,5,7H2,(H,19,20,21,22)/t11-/m1/s1. The first-order valence-corrected chi connectivity index (χ1v) is 7.71. The highest BCUT2D eigenvalue weighted by molar-refractivity contribution is 5.82. The SMILES string of the molecule is Fc1ccc(OC[C@H]2CCCN2c2ncnc3[nH]cnc23)c(F)c1. The van der Waals surface area contributed by atoms with E-state index in [1.807, 2.05) is 0 Å². The second-order valence-corrected chi connectivity index (χ2v) is 5.67. The first kappa shape index (κ1) is 14.8. The molecule has 0 saturated carbocycles. The summed E-state index contributed by atoms with van der Waals surface area (Å²) >= 11 is 0. The third-order valence-electron chi connectivity index (χ3n) is 4.17. The fraction of sp³-hybridized carbons (Fsp3) is 0.312. The molecule has 1 aliphatic heterocycles. The van der Waals surface area contributed by atoms with Gasteiger partial charge in [-0.25, -0.2) is 23.7 Å². The van der Waals surface area contributed by atoms with E-state index >= 15 is 0 Å². The van der Waals surface area contributed by atoms with Gasteiger partial charge < -0.3 is 14.6 Å². The van der Waals surface area contributed by atoms with E-state index in [-0.39, 0.29) is 11.8 Å². The Hall–Kier alpha value is -2.77. The van der Waals surface area contributed by atoms with Crippen LogP contribution in [0.15, 0.2) is 30.9 Å². The molecule has 1 saturated heterocycles. The van der Waals surface area contributed by atoms with E-state index in [1.165, 1.54) is 18.5 Å². The highest BCUT2D eigenvalue weighted by Crippen LogP contribution is 2.28. The van der Waals surface area contributed by atoms with Crippen LogP contribution in [-0.2, 0) is 0 Å². The van der Waals surface area contributed by atoms with Crippen molar-refractivity contribution in [2.75, 3.05) is 18.1 Å². The van der Waals surface area contributed by atoms with Crippen molar-refractivity contribution >= 4 is 17.0 Å². The van der Waals surface area contributed by atoms with Crippen LogP contribution in [-0.4, -0.2) is 39.1 Å². The van der Waals surface area contributed by atoms with Crippen LogP contribution in [0, 0.1) is 11.6 Å². The summed E-state index contributed by atoms with van der Waals surface area (Å²) in [6, 6.07) is 3.35. The monoisotopic (exact) mass is 331 g/mol. The van der Waals surface area contributed by atoms with E-state index in [1.54, 1.807) is 6.33 Å². The fourth-order valence-corrected chi connectivity index (χ4v) is 3.03. The molecule has 124 valence electrons. The third kappa shape index (κ3) is 2.64. The second kappa shape index (κ2) is 6.03. The van der Waals surface area contributed by atoms with E-state index in [0.717, 1.165) is 31.3 Å². The first-order chi connectivity index (χ1) is 11.7. The molecule has 1 aliphatic rings. The number of benzene rings is 1. The minimum Gasteiger partial charge on any atom is -0.488 e. The minimum absolute atomic E-state index is 0.0456. The zero-order valence-electron chi connectivity index (χ0n) is 12.7. The number of aromatic nitrogens is 4. The van der Waals surface area contributed by atoms with Crippen molar-refractivity contribution in [3.63, 3.8) is 0 Å². The summed E-state index contributed by atoms with van der Waals surface area (Å²) in [5.41, 5.74) is 1.38. The number of imidazole rings is 1. The van der Waals surface area contributed by atoms with Gasteiger partial charge in [0.1, 0.15) is 24.3 Å². The lowest BCUT2D eigenvalue weighted by atomic mass is 10.2. The number of hydrogen-bond donors (Lipinski definition) is 1. The van der Waals surface area contributed by atoms with Gasteiger partial charge in [-0.15, -0.1) is 0 Å². The Morgan fingerprint density at radius 3 is 3.04 bits per heavy atom. The number of rotatable bonds is 4. The summed E-state index contributed by atoms with van der Waals surface area (Å²) in [6.45, 7) is 1.11. The maximum absolute atomic E-state index is 13.7. The number of H-pyrrole nitrogens is 1. The first-order valence-electron chi connectivity index (χ1n) is 7.71. The molecule has 0 aliphatic carbocycles. The zero-order valence-corrected chi connectivity index (χ0v) is 12.7. The predicted octanol–water partition coefficient (Wildman–Crippen LogP) is 2.68. The summed E-state index contributed by atoms with van der Waals surface area (Å²) in [4.78, 5) is 17.8. The lowest BCUT2D eigenvalue weighted by Gasteiger charge is -2.25. The summed E-state index contributed by atoms with van der Waals surface area (Å²) in [6.07, 6.45) is 4.96. The maximum Gasteiger partial charge on any atom is 0.167 e. The molecule has 2 aromatic heterocycles. The normalized spacial score (nSPS) is 17.6. The Bertz CT molecular complexity index is 869. The average Bonchev–Trinajstić information content (AvgIpc) is 3.22. The molecule has 1 aromatic carbocycles. The van der Waals surface area contributed by atoms with E-state index in [4.69, 9.17) is 4.74 Å². The summed E-state index contributed by atoms with van der Waals surface area (Å²) in [5.74, 6) is -0.525. The zero-order chi connectivity index (χ0) is 16.5. The molecule has 4 rings (SSSR count). The van der Waals surface area contributed by atoms with Gasteiger partial charge in [0, 0.05) is 12.6 Å². The number of fused-ring (bicyclic) bond motifs is 1. The van der Waals surface area contributed by atoms with Gasteiger partial charge in [-0.2, -0.15) is 0 Å². The Morgan fingerprint density at radius 1 is 1.25 bits per heavy atom. The topological polar surface area (TPSA) is 66.9 Å². The number of hydrogen-bond acceptors (Lipinski definition) is 5. The highest BCUT2D eigenvalue weighted by atomic mass is 19.1. The highest BCUT2D eigenvalue weighted by Gasteiger charge is 2.28. The number of aromatic amines is 1. The van der Waals surface area contributed by atoms with Crippen molar-refractivity contribution in [3.05, 3.63) is 42.5 Å². The maximum atomic E-state index is 13.7. The van der Waals surface area contributed by atoms with Gasteiger partial charge in [0.15, 0.2) is 23.0 Å². The Morgan fingerprint density at radius 2 is 2.17 bits per heavy atom. The summed E-state index contributed by atoms with van der Waals surface area (Å²) < 4.78 is 32.2. The quantitative estimate of drug-likeness (QED) is 0.796. The second-order valence-electron chi connectivity index (χ2n) is 5.67. The van der Waals surface area contributed by atoms with Crippen LogP contribution < -0.4 is 9.64 Å². The van der Waals surface area contributed by atoms with Crippen LogP contribution in [0.4, 0.5) is 14.6 Å². The molecule has 0 radical (unpaired) electrons. The Labute approximate surface area is 136 Å². The molecular formula is C16H15F2N5O. The molecule has 0 bridgehead atoms. The molecular weight excluding hydrogens is 316 g/mol. The van der Waals surface area contributed by atoms with Gasteiger partial charge >= 0.3 is 0 Å². The summed E-state index contributed by atoms with van der Waals surface area (Å²) in [7, 11) is 0. The van der Waals surface area contributed by atoms with E-state index < -0.39 is 11.6 Å². The lowest BCUT2D eigenvalue weighted by molar-refractivity contribution is 0.274. The largest absolute Gasteiger partial charge is 0.488 e.